The average Bonchev–Trinajstić information content (AvgIpc) is 2.68. The highest BCUT2D eigenvalue weighted by Gasteiger charge is 2.14. The van der Waals surface area contributed by atoms with Crippen molar-refractivity contribution >= 4 is 40.7 Å². The van der Waals surface area contributed by atoms with Crippen LogP contribution in [0.1, 0.15) is 20.9 Å². The van der Waals surface area contributed by atoms with Gasteiger partial charge in [-0.3, -0.25) is 0 Å². The first-order valence-electron chi connectivity index (χ1n) is 5.14. The molecule has 6 heteroatoms. The van der Waals surface area contributed by atoms with Crippen molar-refractivity contribution < 1.29 is 9.90 Å². The molecule has 0 saturated carbocycles. The van der Waals surface area contributed by atoms with Crippen LogP contribution in [-0.2, 0) is 5.75 Å². The molecule has 0 aliphatic carbocycles. The summed E-state index contributed by atoms with van der Waals surface area (Å²) in [5.41, 5.74) is 1.67. The number of hydrogen-bond donors (Lipinski definition) is 1. The van der Waals surface area contributed by atoms with Crippen LogP contribution in [0.15, 0.2) is 28.6 Å². The Morgan fingerprint density at radius 1 is 1.56 bits per heavy atom. The Labute approximate surface area is 118 Å². The number of thiazole rings is 1. The fourth-order valence-electron chi connectivity index (χ4n) is 1.40. The van der Waals surface area contributed by atoms with E-state index in [-0.39, 0.29) is 0 Å². The van der Waals surface area contributed by atoms with E-state index in [1.54, 1.807) is 6.92 Å². The molecule has 0 saturated heterocycles. The molecule has 1 N–H and O–H groups in total. The molecule has 0 spiro atoms. The molecule has 1 aromatic heterocycles. The quantitative estimate of drug-likeness (QED) is 0.864. The summed E-state index contributed by atoms with van der Waals surface area (Å²) in [6.07, 6.45) is 0. The number of carboxylic acid groups (broad SMARTS) is 1. The number of rotatable bonds is 4. The van der Waals surface area contributed by atoms with Gasteiger partial charge in [0.2, 0.25) is 0 Å². The summed E-state index contributed by atoms with van der Waals surface area (Å²) >= 11 is 8.63. The number of carboxylic acids is 1. The zero-order chi connectivity index (χ0) is 13.1. The molecular formula is C12H10ClNO2S2. The Kier molecular flexibility index (Phi) is 4.27. The summed E-state index contributed by atoms with van der Waals surface area (Å²) in [6.45, 7) is 1.71. The van der Waals surface area contributed by atoms with Crippen LogP contribution in [0.4, 0.5) is 0 Å². The van der Waals surface area contributed by atoms with E-state index >= 15 is 0 Å². The lowest BCUT2D eigenvalue weighted by molar-refractivity contribution is 0.0701. The average molecular weight is 300 g/mol. The molecule has 0 aliphatic heterocycles. The van der Waals surface area contributed by atoms with Crippen molar-refractivity contribution in [2.75, 3.05) is 0 Å². The highest BCUT2D eigenvalue weighted by Crippen LogP contribution is 2.30. The third-order valence-electron chi connectivity index (χ3n) is 2.22. The first-order valence-corrected chi connectivity index (χ1v) is 7.32. The van der Waals surface area contributed by atoms with Crippen molar-refractivity contribution in [1.82, 2.24) is 4.98 Å². The number of aromatic carboxylic acids is 1. The van der Waals surface area contributed by atoms with Crippen LogP contribution < -0.4 is 0 Å². The topological polar surface area (TPSA) is 50.2 Å². The molecule has 0 bridgehead atoms. The van der Waals surface area contributed by atoms with E-state index in [1.165, 1.54) is 23.1 Å². The third kappa shape index (κ3) is 3.25. The summed E-state index contributed by atoms with van der Waals surface area (Å²) in [6, 6.07) is 7.60. The lowest BCUT2D eigenvalue weighted by atomic mass is 10.2. The zero-order valence-electron chi connectivity index (χ0n) is 9.51. The van der Waals surface area contributed by atoms with Crippen molar-refractivity contribution in [1.29, 1.82) is 0 Å². The summed E-state index contributed by atoms with van der Waals surface area (Å²) in [4.78, 5) is 15.4. The molecule has 2 rings (SSSR count). The predicted molar refractivity (Wildman–Crippen MR) is 74.8 cm³/mol. The number of carbonyl (C=O) groups is 1. The maximum absolute atomic E-state index is 10.9. The van der Waals surface area contributed by atoms with E-state index in [4.69, 9.17) is 16.7 Å². The van der Waals surface area contributed by atoms with Crippen LogP contribution in [0.3, 0.4) is 0 Å². The standard InChI is InChI=1S/C12H10ClNO2S2/c1-7-10(11(15)16)18-12(14-7)17-6-8-3-2-4-9(13)5-8/h2-5H,6H2,1H3,(H,15,16). The minimum Gasteiger partial charge on any atom is -0.477 e. The Morgan fingerprint density at radius 2 is 2.33 bits per heavy atom. The van der Waals surface area contributed by atoms with Crippen LogP contribution >= 0.6 is 34.7 Å². The minimum atomic E-state index is -0.917. The first-order chi connectivity index (χ1) is 8.56. The number of thioether (sulfide) groups is 1. The summed E-state index contributed by atoms with van der Waals surface area (Å²) < 4.78 is 0.768. The molecule has 0 amide bonds. The zero-order valence-corrected chi connectivity index (χ0v) is 11.9. The smallest absolute Gasteiger partial charge is 0.347 e. The second kappa shape index (κ2) is 5.73. The van der Waals surface area contributed by atoms with E-state index < -0.39 is 5.97 Å². The molecular weight excluding hydrogens is 290 g/mol. The number of halogens is 1. The molecule has 0 fully saturated rings. The maximum Gasteiger partial charge on any atom is 0.347 e. The molecule has 0 aliphatic rings. The largest absolute Gasteiger partial charge is 0.477 e. The SMILES string of the molecule is Cc1nc(SCc2cccc(Cl)c2)sc1C(=O)O. The monoisotopic (exact) mass is 299 g/mol. The second-order valence-electron chi connectivity index (χ2n) is 3.62. The minimum absolute atomic E-state index is 0.309. The van der Waals surface area contributed by atoms with Gasteiger partial charge in [0.05, 0.1) is 5.69 Å². The normalized spacial score (nSPS) is 10.6. The third-order valence-corrected chi connectivity index (χ3v) is 4.82. The Balaban J connectivity index is 2.06. The Bertz CT molecular complexity index is 583. The maximum atomic E-state index is 10.9. The molecule has 0 radical (unpaired) electrons. The van der Waals surface area contributed by atoms with E-state index in [9.17, 15) is 4.79 Å². The van der Waals surface area contributed by atoms with Crippen LogP contribution in [0.5, 0.6) is 0 Å². The molecule has 1 aromatic carbocycles. The number of nitrogens with zero attached hydrogens (tertiary/aromatic N) is 1. The van der Waals surface area contributed by atoms with Gasteiger partial charge < -0.3 is 5.11 Å². The van der Waals surface area contributed by atoms with Gasteiger partial charge in [-0.05, 0) is 24.6 Å². The van der Waals surface area contributed by atoms with Crippen molar-refractivity contribution in [3.63, 3.8) is 0 Å². The van der Waals surface area contributed by atoms with Crippen molar-refractivity contribution in [2.45, 2.75) is 17.0 Å². The fourth-order valence-corrected chi connectivity index (χ4v) is 3.59. The lowest BCUT2D eigenvalue weighted by Crippen LogP contribution is -1.94. The van der Waals surface area contributed by atoms with Crippen molar-refractivity contribution in [2.24, 2.45) is 0 Å². The fraction of sp³-hybridized carbons (Fsp3) is 0.167. The Hall–Kier alpha value is -1.04. The van der Waals surface area contributed by atoms with Gasteiger partial charge >= 0.3 is 5.97 Å². The van der Waals surface area contributed by atoms with E-state index in [0.717, 1.165) is 15.7 Å². The van der Waals surface area contributed by atoms with E-state index in [0.29, 0.717) is 15.6 Å². The van der Waals surface area contributed by atoms with E-state index in [1.807, 2.05) is 24.3 Å². The summed E-state index contributed by atoms with van der Waals surface area (Å²) in [5, 5.41) is 9.65. The van der Waals surface area contributed by atoms with Gasteiger partial charge in [0.1, 0.15) is 4.88 Å². The number of aryl methyl sites for hydroxylation is 1. The predicted octanol–water partition coefficient (Wildman–Crippen LogP) is 4.10. The summed E-state index contributed by atoms with van der Waals surface area (Å²) in [5.74, 6) is -0.188. The number of benzene rings is 1. The molecule has 2 aromatic rings. The van der Waals surface area contributed by atoms with Gasteiger partial charge in [0.25, 0.3) is 0 Å². The van der Waals surface area contributed by atoms with Gasteiger partial charge in [0.15, 0.2) is 4.34 Å². The molecule has 1 heterocycles. The van der Waals surface area contributed by atoms with Gasteiger partial charge in [-0.2, -0.15) is 0 Å². The van der Waals surface area contributed by atoms with Gasteiger partial charge in [-0.25, -0.2) is 9.78 Å². The summed E-state index contributed by atoms with van der Waals surface area (Å²) in [7, 11) is 0. The van der Waals surface area contributed by atoms with Crippen molar-refractivity contribution in [3.05, 3.63) is 45.4 Å². The van der Waals surface area contributed by atoms with Gasteiger partial charge in [0, 0.05) is 10.8 Å². The number of aromatic nitrogens is 1. The molecule has 0 unspecified atom stereocenters. The molecule has 3 nitrogen and oxygen atoms in total. The Morgan fingerprint density at radius 3 is 2.94 bits per heavy atom. The lowest BCUT2D eigenvalue weighted by Gasteiger charge is -1.99. The van der Waals surface area contributed by atoms with Crippen molar-refractivity contribution in [3.8, 4) is 0 Å². The van der Waals surface area contributed by atoms with Crippen LogP contribution in [0.25, 0.3) is 0 Å². The molecule has 18 heavy (non-hydrogen) atoms. The highest BCUT2D eigenvalue weighted by atomic mass is 35.5. The van der Waals surface area contributed by atoms with Gasteiger partial charge in [-0.15, -0.1) is 11.3 Å². The van der Waals surface area contributed by atoms with Crippen LogP contribution in [0.2, 0.25) is 5.02 Å². The highest BCUT2D eigenvalue weighted by molar-refractivity contribution is 8.00. The first kappa shape index (κ1) is 13.4. The van der Waals surface area contributed by atoms with Crippen LogP contribution in [-0.4, -0.2) is 16.1 Å². The molecule has 94 valence electrons. The molecule has 0 atom stereocenters. The van der Waals surface area contributed by atoms with Gasteiger partial charge in [-0.1, -0.05) is 35.5 Å². The second-order valence-corrected chi connectivity index (χ2v) is 6.28. The van der Waals surface area contributed by atoms with Crippen LogP contribution in [0, 0.1) is 6.92 Å². The number of hydrogen-bond acceptors (Lipinski definition) is 4. The van der Waals surface area contributed by atoms with E-state index in [2.05, 4.69) is 4.98 Å².